The first-order valence-corrected chi connectivity index (χ1v) is 5.32. The van der Waals surface area contributed by atoms with E-state index in [1.165, 1.54) is 7.11 Å². The van der Waals surface area contributed by atoms with Gasteiger partial charge in [-0.25, -0.2) is 4.79 Å². The number of ether oxygens (including phenoxy) is 2. The molecular formula is C11H14ClNO4. The first-order valence-electron chi connectivity index (χ1n) is 4.94. The van der Waals surface area contributed by atoms with Crippen molar-refractivity contribution in [2.45, 2.75) is 6.54 Å². The number of hydrogen-bond donors (Lipinski definition) is 2. The summed E-state index contributed by atoms with van der Waals surface area (Å²) in [6.45, 7) is 0.177. The van der Waals surface area contributed by atoms with E-state index in [1.54, 1.807) is 12.1 Å². The fourth-order valence-electron chi connectivity index (χ4n) is 1.35. The summed E-state index contributed by atoms with van der Waals surface area (Å²) in [5.74, 6) is -0.400. The van der Waals surface area contributed by atoms with Gasteiger partial charge in [0.05, 0.1) is 12.1 Å². The van der Waals surface area contributed by atoms with E-state index < -0.39 is 12.6 Å². The molecule has 0 fully saturated rings. The lowest BCUT2D eigenvalue weighted by atomic mass is 10.2. The third-order valence-electron chi connectivity index (χ3n) is 2.01. The van der Waals surface area contributed by atoms with Gasteiger partial charge in [0.2, 0.25) is 0 Å². The highest BCUT2D eigenvalue weighted by Gasteiger charge is 2.13. The number of aliphatic carboxylic acids is 1. The van der Waals surface area contributed by atoms with Gasteiger partial charge in [-0.2, -0.15) is 0 Å². The molecule has 0 radical (unpaired) electrons. The Labute approximate surface area is 104 Å². The predicted molar refractivity (Wildman–Crippen MR) is 63.9 cm³/mol. The molecule has 0 unspecified atom stereocenters. The van der Waals surface area contributed by atoms with Crippen LogP contribution < -0.4 is 14.8 Å². The number of methoxy groups -OCH3 is 1. The van der Waals surface area contributed by atoms with Crippen LogP contribution in [0, 0.1) is 0 Å². The number of carbonyl (C=O) groups is 1. The number of nitrogens with one attached hydrogen (secondary N) is 1. The van der Waals surface area contributed by atoms with Gasteiger partial charge >= 0.3 is 5.97 Å². The normalized spacial score (nSPS) is 10.1. The minimum absolute atomic E-state index is 0.247. The summed E-state index contributed by atoms with van der Waals surface area (Å²) in [7, 11) is 3.29. The van der Waals surface area contributed by atoms with Crippen molar-refractivity contribution in [3.05, 3.63) is 22.7 Å². The molecule has 0 aliphatic carbocycles. The Bertz CT molecular complexity index is 409. The second kappa shape index (κ2) is 6.32. The molecule has 0 heterocycles. The summed E-state index contributed by atoms with van der Waals surface area (Å²) >= 11 is 6.01. The summed E-state index contributed by atoms with van der Waals surface area (Å²) < 4.78 is 10.2. The lowest BCUT2D eigenvalue weighted by molar-refractivity contribution is -0.139. The van der Waals surface area contributed by atoms with Crippen LogP contribution in [0.2, 0.25) is 5.02 Å². The third kappa shape index (κ3) is 3.80. The third-order valence-corrected chi connectivity index (χ3v) is 2.29. The molecule has 0 atom stereocenters. The second-order valence-corrected chi connectivity index (χ2v) is 3.73. The van der Waals surface area contributed by atoms with Gasteiger partial charge in [-0.05, 0) is 24.7 Å². The van der Waals surface area contributed by atoms with E-state index in [2.05, 4.69) is 5.32 Å². The van der Waals surface area contributed by atoms with E-state index >= 15 is 0 Å². The molecule has 0 spiro atoms. The fourth-order valence-corrected chi connectivity index (χ4v) is 1.64. The van der Waals surface area contributed by atoms with Crippen LogP contribution >= 0.6 is 11.6 Å². The molecule has 2 N–H and O–H groups in total. The van der Waals surface area contributed by atoms with Crippen LogP contribution in [-0.2, 0) is 11.3 Å². The molecule has 0 saturated carbocycles. The summed E-state index contributed by atoms with van der Waals surface area (Å²) in [5, 5.41) is 11.9. The second-order valence-electron chi connectivity index (χ2n) is 3.32. The van der Waals surface area contributed by atoms with Gasteiger partial charge in [0.25, 0.3) is 0 Å². The van der Waals surface area contributed by atoms with Crippen molar-refractivity contribution >= 4 is 17.6 Å². The maximum atomic E-state index is 10.4. The highest BCUT2D eigenvalue weighted by atomic mass is 35.5. The number of carboxylic acid groups (broad SMARTS) is 1. The molecule has 5 nitrogen and oxygen atoms in total. The number of hydrogen-bond acceptors (Lipinski definition) is 4. The van der Waals surface area contributed by atoms with Crippen LogP contribution in [0.3, 0.4) is 0 Å². The zero-order chi connectivity index (χ0) is 12.8. The van der Waals surface area contributed by atoms with Crippen molar-refractivity contribution in [3.8, 4) is 11.5 Å². The Morgan fingerprint density at radius 1 is 1.53 bits per heavy atom. The maximum absolute atomic E-state index is 10.4. The zero-order valence-electron chi connectivity index (χ0n) is 9.62. The van der Waals surface area contributed by atoms with E-state index in [9.17, 15) is 4.79 Å². The number of rotatable bonds is 6. The number of halogens is 1. The van der Waals surface area contributed by atoms with E-state index in [4.69, 9.17) is 26.2 Å². The van der Waals surface area contributed by atoms with Gasteiger partial charge in [0.1, 0.15) is 0 Å². The molecule has 0 saturated heterocycles. The SMILES string of the molecule is CNCc1cc(Cl)c(OCC(=O)O)c(OC)c1. The Morgan fingerprint density at radius 2 is 2.24 bits per heavy atom. The Morgan fingerprint density at radius 3 is 2.76 bits per heavy atom. The molecule has 1 rings (SSSR count). The lowest BCUT2D eigenvalue weighted by Gasteiger charge is -2.12. The summed E-state index contributed by atoms with van der Waals surface area (Å²) in [6.07, 6.45) is 0. The monoisotopic (exact) mass is 259 g/mol. The molecule has 1 aromatic carbocycles. The van der Waals surface area contributed by atoms with Gasteiger partial charge in [0, 0.05) is 6.54 Å². The average molecular weight is 260 g/mol. The van der Waals surface area contributed by atoms with Crippen molar-refractivity contribution in [1.29, 1.82) is 0 Å². The molecule has 0 amide bonds. The Balaban J connectivity index is 2.98. The molecule has 94 valence electrons. The molecule has 0 aromatic heterocycles. The standard InChI is InChI=1S/C11H14ClNO4/c1-13-5-7-3-8(12)11(9(4-7)16-2)17-6-10(14)15/h3-4,13H,5-6H2,1-2H3,(H,14,15). The van der Waals surface area contributed by atoms with Gasteiger partial charge in [0.15, 0.2) is 18.1 Å². The van der Waals surface area contributed by atoms with Gasteiger partial charge in [-0.1, -0.05) is 11.6 Å². The zero-order valence-corrected chi connectivity index (χ0v) is 10.4. The molecule has 0 aliphatic heterocycles. The van der Waals surface area contributed by atoms with E-state index in [0.29, 0.717) is 17.3 Å². The number of benzene rings is 1. The highest BCUT2D eigenvalue weighted by Crippen LogP contribution is 2.36. The summed E-state index contributed by atoms with van der Waals surface area (Å²) in [5.41, 5.74) is 0.928. The van der Waals surface area contributed by atoms with Crippen LogP contribution in [0.25, 0.3) is 0 Å². The van der Waals surface area contributed by atoms with Crippen LogP contribution in [0.5, 0.6) is 11.5 Å². The first kappa shape index (κ1) is 13.6. The van der Waals surface area contributed by atoms with Crippen LogP contribution in [0.1, 0.15) is 5.56 Å². The molecule has 17 heavy (non-hydrogen) atoms. The summed E-state index contributed by atoms with van der Waals surface area (Å²) in [4.78, 5) is 10.4. The van der Waals surface area contributed by atoms with Crippen LogP contribution in [0.4, 0.5) is 0 Å². The van der Waals surface area contributed by atoms with Crippen molar-refractivity contribution in [1.82, 2.24) is 5.32 Å². The Hall–Kier alpha value is -1.46. The van der Waals surface area contributed by atoms with E-state index in [-0.39, 0.29) is 5.75 Å². The number of carboxylic acids is 1. The van der Waals surface area contributed by atoms with Crippen molar-refractivity contribution in [2.75, 3.05) is 20.8 Å². The van der Waals surface area contributed by atoms with Gasteiger partial charge in [-0.15, -0.1) is 0 Å². The predicted octanol–water partition coefficient (Wildman–Crippen LogP) is 1.53. The van der Waals surface area contributed by atoms with Crippen molar-refractivity contribution in [2.24, 2.45) is 0 Å². The van der Waals surface area contributed by atoms with E-state index in [1.807, 2.05) is 7.05 Å². The molecule has 6 heteroatoms. The van der Waals surface area contributed by atoms with Gasteiger partial charge in [-0.3, -0.25) is 0 Å². The minimum atomic E-state index is -1.07. The lowest BCUT2D eigenvalue weighted by Crippen LogP contribution is -2.11. The Kier molecular flexibility index (Phi) is 5.06. The highest BCUT2D eigenvalue weighted by molar-refractivity contribution is 6.32. The molecule has 0 bridgehead atoms. The topological polar surface area (TPSA) is 67.8 Å². The van der Waals surface area contributed by atoms with Gasteiger partial charge < -0.3 is 19.9 Å². The smallest absolute Gasteiger partial charge is 0.341 e. The van der Waals surface area contributed by atoms with Crippen molar-refractivity contribution in [3.63, 3.8) is 0 Å². The molecule has 0 aliphatic rings. The average Bonchev–Trinajstić information content (AvgIpc) is 2.27. The van der Waals surface area contributed by atoms with E-state index in [0.717, 1.165) is 5.56 Å². The van der Waals surface area contributed by atoms with Crippen molar-refractivity contribution < 1.29 is 19.4 Å². The maximum Gasteiger partial charge on any atom is 0.341 e. The molecule has 1 aromatic rings. The summed E-state index contributed by atoms with van der Waals surface area (Å²) in [6, 6.07) is 3.46. The quantitative estimate of drug-likeness (QED) is 0.811. The fraction of sp³-hybridized carbons (Fsp3) is 0.364. The molecular weight excluding hydrogens is 246 g/mol. The largest absolute Gasteiger partial charge is 0.493 e. The minimum Gasteiger partial charge on any atom is -0.493 e. The van der Waals surface area contributed by atoms with Crippen LogP contribution in [-0.4, -0.2) is 31.8 Å². The first-order chi connectivity index (χ1) is 8.08. The van der Waals surface area contributed by atoms with Crippen LogP contribution in [0.15, 0.2) is 12.1 Å².